The van der Waals surface area contributed by atoms with Crippen LogP contribution in [0.5, 0.6) is 0 Å². The topological polar surface area (TPSA) is 88.0 Å². The third-order valence-corrected chi connectivity index (χ3v) is 3.80. The molecule has 0 saturated carbocycles. The summed E-state index contributed by atoms with van der Waals surface area (Å²) in [6, 6.07) is 13.0. The van der Waals surface area contributed by atoms with Crippen LogP contribution >= 0.6 is 0 Å². The Bertz CT molecular complexity index is 972. The molecule has 0 fully saturated rings. The number of hydrogen-bond acceptors (Lipinski definition) is 4. The molecule has 0 aliphatic rings. The van der Waals surface area contributed by atoms with E-state index in [1.165, 1.54) is 6.33 Å². The van der Waals surface area contributed by atoms with Gasteiger partial charge < -0.3 is 5.32 Å². The van der Waals surface area contributed by atoms with E-state index in [1.807, 2.05) is 36.5 Å². The molecule has 0 radical (unpaired) electrons. The number of benzene rings is 1. The van der Waals surface area contributed by atoms with Gasteiger partial charge in [-0.25, -0.2) is 9.50 Å². The molecular weight excluding hydrogens is 304 g/mol. The van der Waals surface area contributed by atoms with Gasteiger partial charge in [0.25, 0.3) is 5.91 Å². The predicted octanol–water partition coefficient (Wildman–Crippen LogP) is 2.05. The number of carbonyl (C=O) groups is 1. The summed E-state index contributed by atoms with van der Waals surface area (Å²) >= 11 is 0. The van der Waals surface area contributed by atoms with Crippen molar-refractivity contribution in [2.24, 2.45) is 0 Å². The lowest BCUT2D eigenvalue weighted by atomic mass is 10.1. The molecular formula is C17H14N6O. The molecule has 0 saturated heterocycles. The Kier molecular flexibility index (Phi) is 3.51. The normalized spacial score (nSPS) is 10.8. The molecule has 0 bridgehead atoms. The monoisotopic (exact) mass is 318 g/mol. The smallest absolute Gasteiger partial charge is 0.251 e. The van der Waals surface area contributed by atoms with Gasteiger partial charge in [0.2, 0.25) is 0 Å². The Morgan fingerprint density at radius 3 is 2.83 bits per heavy atom. The Morgan fingerprint density at radius 2 is 2.04 bits per heavy atom. The summed E-state index contributed by atoms with van der Waals surface area (Å²) in [5.41, 5.74) is 3.48. The molecule has 0 spiro atoms. The SMILES string of the molecule is O=C(NCc1cccn2nccc12)c1ccc(-c2ncn[nH]2)cc1. The lowest BCUT2D eigenvalue weighted by molar-refractivity contribution is 0.0951. The van der Waals surface area contributed by atoms with E-state index in [9.17, 15) is 4.79 Å². The van der Waals surface area contributed by atoms with Gasteiger partial charge in [0.05, 0.1) is 5.52 Å². The molecule has 1 aromatic carbocycles. The maximum absolute atomic E-state index is 12.3. The number of carbonyl (C=O) groups excluding carboxylic acids is 1. The highest BCUT2D eigenvalue weighted by atomic mass is 16.1. The second kappa shape index (κ2) is 5.96. The van der Waals surface area contributed by atoms with E-state index in [2.05, 4.69) is 25.6 Å². The Hall–Kier alpha value is -3.48. The van der Waals surface area contributed by atoms with Crippen molar-refractivity contribution in [3.63, 3.8) is 0 Å². The average Bonchev–Trinajstić information content (AvgIpc) is 3.31. The van der Waals surface area contributed by atoms with Gasteiger partial charge in [0.1, 0.15) is 6.33 Å². The third-order valence-electron chi connectivity index (χ3n) is 3.80. The maximum Gasteiger partial charge on any atom is 0.251 e. The number of aromatic nitrogens is 5. The van der Waals surface area contributed by atoms with Crippen molar-refractivity contribution in [3.05, 3.63) is 72.3 Å². The number of pyridine rings is 1. The van der Waals surface area contributed by atoms with Crippen molar-refractivity contribution < 1.29 is 4.79 Å². The molecule has 0 atom stereocenters. The molecule has 118 valence electrons. The largest absolute Gasteiger partial charge is 0.348 e. The molecule has 2 N–H and O–H groups in total. The van der Waals surface area contributed by atoms with Crippen molar-refractivity contribution in [2.45, 2.75) is 6.54 Å². The van der Waals surface area contributed by atoms with Gasteiger partial charge in [0.15, 0.2) is 5.82 Å². The van der Waals surface area contributed by atoms with Crippen LogP contribution in [0.15, 0.2) is 61.2 Å². The van der Waals surface area contributed by atoms with Gasteiger partial charge in [0, 0.05) is 30.1 Å². The summed E-state index contributed by atoms with van der Waals surface area (Å²) < 4.78 is 1.79. The number of nitrogens with one attached hydrogen (secondary N) is 2. The van der Waals surface area contributed by atoms with Gasteiger partial charge >= 0.3 is 0 Å². The second-order valence-electron chi connectivity index (χ2n) is 5.29. The van der Waals surface area contributed by atoms with Gasteiger partial charge in [-0.05, 0) is 29.8 Å². The molecule has 4 rings (SSSR count). The fraction of sp³-hybridized carbons (Fsp3) is 0.0588. The summed E-state index contributed by atoms with van der Waals surface area (Å²) in [7, 11) is 0. The van der Waals surface area contributed by atoms with Crippen LogP contribution in [0.25, 0.3) is 16.9 Å². The maximum atomic E-state index is 12.3. The number of nitrogens with zero attached hydrogens (tertiary/aromatic N) is 4. The first-order valence-corrected chi connectivity index (χ1v) is 7.46. The summed E-state index contributed by atoms with van der Waals surface area (Å²) in [4.78, 5) is 16.4. The average molecular weight is 318 g/mol. The number of H-pyrrole nitrogens is 1. The van der Waals surface area contributed by atoms with E-state index in [1.54, 1.807) is 22.8 Å². The van der Waals surface area contributed by atoms with Crippen molar-refractivity contribution >= 4 is 11.4 Å². The summed E-state index contributed by atoms with van der Waals surface area (Å²) in [5, 5.41) is 13.7. The van der Waals surface area contributed by atoms with Crippen molar-refractivity contribution in [1.82, 2.24) is 30.1 Å². The Morgan fingerprint density at radius 1 is 1.17 bits per heavy atom. The van der Waals surface area contributed by atoms with Gasteiger partial charge in [-0.3, -0.25) is 9.89 Å². The highest BCUT2D eigenvalue weighted by Gasteiger charge is 2.08. The zero-order valence-electron chi connectivity index (χ0n) is 12.7. The number of aromatic amines is 1. The minimum absolute atomic E-state index is 0.124. The van der Waals surface area contributed by atoms with Crippen LogP contribution in [-0.2, 0) is 6.54 Å². The number of rotatable bonds is 4. The van der Waals surface area contributed by atoms with Crippen LogP contribution in [0.4, 0.5) is 0 Å². The Labute approximate surface area is 137 Å². The molecule has 3 aromatic heterocycles. The van der Waals surface area contributed by atoms with Crippen LogP contribution < -0.4 is 5.32 Å². The zero-order chi connectivity index (χ0) is 16.4. The van der Waals surface area contributed by atoms with Crippen LogP contribution in [0.2, 0.25) is 0 Å². The quantitative estimate of drug-likeness (QED) is 0.603. The van der Waals surface area contributed by atoms with Gasteiger partial charge in [-0.2, -0.15) is 10.2 Å². The number of amides is 1. The van der Waals surface area contributed by atoms with E-state index in [-0.39, 0.29) is 5.91 Å². The third kappa shape index (κ3) is 2.63. The molecule has 0 unspecified atom stereocenters. The highest BCUT2D eigenvalue weighted by Crippen LogP contribution is 2.15. The van der Waals surface area contributed by atoms with E-state index < -0.39 is 0 Å². The molecule has 7 nitrogen and oxygen atoms in total. The summed E-state index contributed by atoms with van der Waals surface area (Å²) in [5.74, 6) is 0.551. The Balaban J connectivity index is 1.47. The summed E-state index contributed by atoms with van der Waals surface area (Å²) in [6.07, 6.45) is 5.07. The number of fused-ring (bicyclic) bond motifs is 1. The van der Waals surface area contributed by atoms with Crippen LogP contribution in [0.3, 0.4) is 0 Å². The first kappa shape index (κ1) is 14.1. The molecule has 0 aliphatic heterocycles. The fourth-order valence-corrected chi connectivity index (χ4v) is 2.56. The first-order valence-electron chi connectivity index (χ1n) is 7.46. The van der Waals surface area contributed by atoms with Gasteiger partial charge in [-0.1, -0.05) is 18.2 Å². The molecule has 0 aliphatic carbocycles. The van der Waals surface area contributed by atoms with Crippen LogP contribution in [-0.4, -0.2) is 30.7 Å². The molecule has 3 heterocycles. The molecule has 4 aromatic rings. The predicted molar refractivity (Wildman–Crippen MR) is 88.2 cm³/mol. The zero-order valence-corrected chi connectivity index (χ0v) is 12.7. The molecule has 24 heavy (non-hydrogen) atoms. The standard InChI is InChI=1S/C17H14N6O/c24-17(13-5-3-12(4-6-13)16-19-11-20-22-16)18-10-14-2-1-9-23-15(14)7-8-21-23/h1-9,11H,10H2,(H,18,24)(H,19,20,22). The molecule has 7 heteroatoms. The number of hydrogen-bond donors (Lipinski definition) is 2. The lowest BCUT2D eigenvalue weighted by Crippen LogP contribution is -2.23. The van der Waals surface area contributed by atoms with Crippen molar-refractivity contribution in [3.8, 4) is 11.4 Å². The van der Waals surface area contributed by atoms with E-state index in [4.69, 9.17) is 0 Å². The van der Waals surface area contributed by atoms with E-state index in [0.29, 0.717) is 17.9 Å². The minimum Gasteiger partial charge on any atom is -0.348 e. The lowest BCUT2D eigenvalue weighted by Gasteiger charge is -2.07. The van der Waals surface area contributed by atoms with E-state index >= 15 is 0 Å². The van der Waals surface area contributed by atoms with Crippen molar-refractivity contribution in [2.75, 3.05) is 0 Å². The minimum atomic E-state index is -0.124. The second-order valence-corrected chi connectivity index (χ2v) is 5.29. The van der Waals surface area contributed by atoms with Gasteiger partial charge in [-0.15, -0.1) is 0 Å². The van der Waals surface area contributed by atoms with Crippen LogP contribution in [0, 0.1) is 0 Å². The highest BCUT2D eigenvalue weighted by molar-refractivity contribution is 5.94. The summed E-state index contributed by atoms with van der Waals surface area (Å²) in [6.45, 7) is 0.443. The first-order chi connectivity index (χ1) is 11.8. The van der Waals surface area contributed by atoms with Crippen LogP contribution in [0.1, 0.15) is 15.9 Å². The van der Waals surface area contributed by atoms with Crippen molar-refractivity contribution in [1.29, 1.82) is 0 Å². The fourth-order valence-electron chi connectivity index (χ4n) is 2.56. The molecule has 1 amide bonds. The van der Waals surface area contributed by atoms with E-state index in [0.717, 1.165) is 16.6 Å².